The lowest BCUT2D eigenvalue weighted by molar-refractivity contribution is -0.385. The van der Waals surface area contributed by atoms with E-state index in [9.17, 15) is 19.7 Å². The van der Waals surface area contributed by atoms with Gasteiger partial charge in [0.15, 0.2) is 0 Å². The molecule has 9 nitrogen and oxygen atoms in total. The topological polar surface area (TPSA) is 97.0 Å². The van der Waals surface area contributed by atoms with Crippen LogP contribution in [0.3, 0.4) is 0 Å². The van der Waals surface area contributed by atoms with Crippen LogP contribution in [0, 0.1) is 24.0 Å². The lowest BCUT2D eigenvalue weighted by atomic mass is 9.84. The number of nitrogens with zero attached hydrogens (tertiary/aromatic N) is 5. The summed E-state index contributed by atoms with van der Waals surface area (Å²) in [6.45, 7) is 3.60. The van der Waals surface area contributed by atoms with Gasteiger partial charge in [0.05, 0.1) is 33.3 Å². The molecule has 192 valence electrons. The molecule has 0 radical (unpaired) electrons. The molecule has 5 rings (SSSR count). The standard InChI is InChI=1S/C29H27N5O4/c1-19-25(28(35)32(30(19)3)21-13-7-5-8-14-21)27(23-17-11-12-18-24(23)34(37)38)26-20(2)31(4)33(29(26)36)22-15-9-6-10-16-22/h5-18,27H,1-4H3. The number of hydrogen-bond donors (Lipinski definition) is 0. The minimum absolute atomic E-state index is 0.152. The SMILES string of the molecule is Cc1c(C(c2ccccc2[N+](=O)[O-])c2c(C)n(C)n(-c3ccccc3)c2=O)c(=O)n(-c2ccccc2)n1C. The van der Waals surface area contributed by atoms with Crippen molar-refractivity contribution in [1.29, 1.82) is 0 Å². The van der Waals surface area contributed by atoms with E-state index >= 15 is 0 Å². The first-order chi connectivity index (χ1) is 18.2. The molecule has 0 aliphatic carbocycles. The van der Waals surface area contributed by atoms with Gasteiger partial charge in [-0.05, 0) is 38.1 Å². The van der Waals surface area contributed by atoms with Gasteiger partial charge in [0.2, 0.25) is 0 Å². The van der Waals surface area contributed by atoms with E-state index in [-0.39, 0.29) is 22.4 Å². The third-order valence-corrected chi connectivity index (χ3v) is 7.22. The fourth-order valence-corrected chi connectivity index (χ4v) is 5.20. The van der Waals surface area contributed by atoms with Gasteiger partial charge < -0.3 is 0 Å². The molecule has 0 saturated carbocycles. The summed E-state index contributed by atoms with van der Waals surface area (Å²) in [5.74, 6) is -0.969. The number of nitro groups is 1. The van der Waals surface area contributed by atoms with Crippen LogP contribution in [0.15, 0.2) is 94.5 Å². The zero-order valence-corrected chi connectivity index (χ0v) is 21.5. The first-order valence-corrected chi connectivity index (χ1v) is 12.1. The van der Waals surface area contributed by atoms with Crippen LogP contribution in [0.1, 0.15) is 34.0 Å². The molecule has 3 aromatic carbocycles. The van der Waals surface area contributed by atoms with Gasteiger partial charge in [-0.1, -0.05) is 54.6 Å². The highest BCUT2D eigenvalue weighted by Crippen LogP contribution is 2.37. The average Bonchev–Trinajstić information content (AvgIpc) is 3.28. The Labute approximate surface area is 218 Å². The molecule has 0 bridgehead atoms. The Morgan fingerprint density at radius 1 is 0.658 bits per heavy atom. The molecule has 0 N–H and O–H groups in total. The molecule has 2 heterocycles. The predicted molar refractivity (Wildman–Crippen MR) is 146 cm³/mol. The Morgan fingerprint density at radius 3 is 1.47 bits per heavy atom. The molecule has 5 aromatic rings. The molecule has 0 aliphatic rings. The Bertz CT molecular complexity index is 1670. The third-order valence-electron chi connectivity index (χ3n) is 7.22. The zero-order chi connectivity index (χ0) is 27.1. The maximum atomic E-state index is 14.1. The fraction of sp³-hybridized carbons (Fsp3) is 0.172. The van der Waals surface area contributed by atoms with Crippen LogP contribution in [0.2, 0.25) is 0 Å². The van der Waals surface area contributed by atoms with Crippen molar-refractivity contribution >= 4 is 5.69 Å². The molecule has 0 amide bonds. The lowest BCUT2D eigenvalue weighted by Crippen LogP contribution is -2.26. The molecule has 2 aromatic heterocycles. The van der Waals surface area contributed by atoms with Gasteiger partial charge in [0, 0.05) is 37.1 Å². The largest absolute Gasteiger partial charge is 0.285 e. The molecule has 0 atom stereocenters. The number of benzene rings is 3. The minimum atomic E-state index is -0.969. The second-order valence-electron chi connectivity index (χ2n) is 9.20. The van der Waals surface area contributed by atoms with Crippen LogP contribution in [0.4, 0.5) is 5.69 Å². The van der Waals surface area contributed by atoms with Gasteiger partial charge in [-0.25, -0.2) is 9.36 Å². The molecular formula is C29H27N5O4. The summed E-state index contributed by atoms with van der Waals surface area (Å²) in [5.41, 5.74) is 2.61. The van der Waals surface area contributed by atoms with Gasteiger partial charge in [0.1, 0.15) is 0 Å². The van der Waals surface area contributed by atoms with Crippen molar-refractivity contribution in [2.75, 3.05) is 0 Å². The quantitative estimate of drug-likeness (QED) is 0.251. The number of rotatable bonds is 6. The monoisotopic (exact) mass is 509 g/mol. The van der Waals surface area contributed by atoms with Crippen LogP contribution in [0.5, 0.6) is 0 Å². The van der Waals surface area contributed by atoms with Gasteiger partial charge in [-0.15, -0.1) is 0 Å². The normalized spacial score (nSPS) is 11.3. The first-order valence-electron chi connectivity index (χ1n) is 12.1. The van der Waals surface area contributed by atoms with Crippen molar-refractivity contribution in [2.45, 2.75) is 19.8 Å². The van der Waals surface area contributed by atoms with Gasteiger partial charge >= 0.3 is 0 Å². The Kier molecular flexibility index (Phi) is 6.20. The van der Waals surface area contributed by atoms with Crippen LogP contribution in [-0.2, 0) is 14.1 Å². The van der Waals surface area contributed by atoms with E-state index in [1.54, 1.807) is 55.5 Å². The molecule has 0 aliphatic heterocycles. The Hall–Kier alpha value is -4.92. The second-order valence-corrected chi connectivity index (χ2v) is 9.20. The van der Waals surface area contributed by atoms with E-state index in [2.05, 4.69) is 0 Å². The van der Waals surface area contributed by atoms with E-state index in [1.165, 1.54) is 15.4 Å². The third kappa shape index (κ3) is 3.80. The Balaban J connectivity index is 1.89. The molecular weight excluding hydrogens is 482 g/mol. The summed E-state index contributed by atoms with van der Waals surface area (Å²) in [6.07, 6.45) is 0. The molecule has 38 heavy (non-hydrogen) atoms. The maximum Gasteiger partial charge on any atom is 0.275 e. The summed E-state index contributed by atoms with van der Waals surface area (Å²) >= 11 is 0. The summed E-state index contributed by atoms with van der Waals surface area (Å²) < 4.78 is 6.51. The van der Waals surface area contributed by atoms with Crippen LogP contribution in [-0.4, -0.2) is 23.7 Å². The van der Waals surface area contributed by atoms with E-state index < -0.39 is 10.8 Å². The van der Waals surface area contributed by atoms with Crippen LogP contribution < -0.4 is 11.1 Å². The second kappa shape index (κ2) is 9.51. The van der Waals surface area contributed by atoms with Crippen molar-refractivity contribution < 1.29 is 4.92 Å². The van der Waals surface area contributed by atoms with E-state index in [0.717, 1.165) is 0 Å². The van der Waals surface area contributed by atoms with Crippen molar-refractivity contribution in [1.82, 2.24) is 18.7 Å². The van der Waals surface area contributed by atoms with Crippen molar-refractivity contribution in [3.63, 3.8) is 0 Å². The smallest absolute Gasteiger partial charge is 0.275 e. The van der Waals surface area contributed by atoms with Crippen molar-refractivity contribution in [3.05, 3.63) is 144 Å². The fourth-order valence-electron chi connectivity index (χ4n) is 5.20. The van der Waals surface area contributed by atoms with Gasteiger partial charge in [-0.2, -0.15) is 0 Å². The minimum Gasteiger partial charge on any atom is -0.285 e. The highest BCUT2D eigenvalue weighted by atomic mass is 16.6. The summed E-state index contributed by atoms with van der Waals surface area (Å²) in [7, 11) is 3.54. The van der Waals surface area contributed by atoms with E-state index in [0.29, 0.717) is 33.9 Å². The molecule has 0 spiro atoms. The Morgan fingerprint density at radius 2 is 1.05 bits per heavy atom. The van der Waals surface area contributed by atoms with Crippen LogP contribution in [0.25, 0.3) is 11.4 Å². The number of aromatic nitrogens is 4. The lowest BCUT2D eigenvalue weighted by Gasteiger charge is -2.16. The number of para-hydroxylation sites is 3. The van der Waals surface area contributed by atoms with Gasteiger partial charge in [0.25, 0.3) is 16.8 Å². The summed E-state index contributed by atoms with van der Waals surface area (Å²) in [4.78, 5) is 39.9. The van der Waals surface area contributed by atoms with Crippen LogP contribution >= 0.6 is 0 Å². The zero-order valence-electron chi connectivity index (χ0n) is 21.5. The van der Waals surface area contributed by atoms with E-state index in [4.69, 9.17) is 0 Å². The molecule has 0 unspecified atom stereocenters. The number of hydrogen-bond acceptors (Lipinski definition) is 4. The molecule has 0 fully saturated rings. The summed E-state index contributed by atoms with van der Waals surface area (Å²) in [5, 5.41) is 12.1. The predicted octanol–water partition coefficient (Wildman–Crippen LogP) is 4.37. The van der Waals surface area contributed by atoms with E-state index in [1.807, 2.05) is 60.7 Å². The number of nitro benzene ring substituents is 1. The highest BCUT2D eigenvalue weighted by Gasteiger charge is 2.36. The summed E-state index contributed by atoms with van der Waals surface area (Å²) in [6, 6.07) is 24.7. The van der Waals surface area contributed by atoms with Crippen molar-refractivity contribution in [3.8, 4) is 11.4 Å². The van der Waals surface area contributed by atoms with Crippen molar-refractivity contribution in [2.24, 2.45) is 14.1 Å². The highest BCUT2D eigenvalue weighted by molar-refractivity contribution is 5.54. The molecule has 0 saturated heterocycles. The van der Waals surface area contributed by atoms with Gasteiger partial charge in [-0.3, -0.25) is 29.1 Å². The molecule has 9 heteroatoms. The first kappa shape index (κ1) is 24.8. The maximum absolute atomic E-state index is 14.1. The average molecular weight is 510 g/mol.